The van der Waals surface area contributed by atoms with E-state index in [-0.39, 0.29) is 17.1 Å². The fraction of sp³-hybridized carbons (Fsp3) is 0.222. The normalized spacial score (nSPS) is 15.4. The van der Waals surface area contributed by atoms with Crippen molar-refractivity contribution in [2.45, 2.75) is 6.04 Å². The van der Waals surface area contributed by atoms with Crippen LogP contribution in [0, 0.1) is 0 Å². The minimum atomic E-state index is -0.610. The van der Waals surface area contributed by atoms with Gasteiger partial charge in [0.15, 0.2) is 5.43 Å². The van der Waals surface area contributed by atoms with Gasteiger partial charge in [0.05, 0.1) is 29.7 Å². The minimum absolute atomic E-state index is 0.0784. The molecule has 5 rings (SSSR count). The van der Waals surface area contributed by atoms with Crippen LogP contribution in [-0.2, 0) is 4.74 Å². The number of fused-ring (bicyclic) bond motifs is 4. The molecule has 0 saturated carbocycles. The molecule has 34 heavy (non-hydrogen) atoms. The van der Waals surface area contributed by atoms with E-state index in [0.717, 1.165) is 16.3 Å². The second-order valence-corrected chi connectivity index (χ2v) is 8.66. The van der Waals surface area contributed by atoms with Gasteiger partial charge in [-0.15, -0.1) is 0 Å². The number of amides is 1. The summed E-state index contributed by atoms with van der Waals surface area (Å²) in [6.45, 7) is 1.03. The van der Waals surface area contributed by atoms with E-state index in [1.54, 1.807) is 35.2 Å². The highest BCUT2D eigenvalue weighted by Gasteiger charge is 2.42. The number of carbonyl (C=O) groups excluding carboxylic acids is 2. The largest absolute Gasteiger partial charge is 0.465 e. The van der Waals surface area contributed by atoms with Crippen LogP contribution in [-0.4, -0.2) is 56.0 Å². The summed E-state index contributed by atoms with van der Waals surface area (Å²) in [7, 11) is 5.18. The van der Waals surface area contributed by atoms with Gasteiger partial charge in [-0.25, -0.2) is 4.79 Å². The quantitative estimate of drug-likeness (QED) is 0.335. The predicted molar refractivity (Wildman–Crippen MR) is 129 cm³/mol. The van der Waals surface area contributed by atoms with Crippen molar-refractivity contribution in [1.82, 2.24) is 9.80 Å². The van der Waals surface area contributed by atoms with Crippen molar-refractivity contribution in [2.24, 2.45) is 0 Å². The number of likely N-dealkylation sites (N-methyl/N-ethyl adjacent to an activating group) is 1. The van der Waals surface area contributed by atoms with Gasteiger partial charge < -0.3 is 19.0 Å². The third kappa shape index (κ3) is 3.45. The predicted octanol–water partition coefficient (Wildman–Crippen LogP) is 3.84. The number of ether oxygens (including phenoxy) is 1. The van der Waals surface area contributed by atoms with Crippen molar-refractivity contribution in [3.05, 3.63) is 93.3 Å². The van der Waals surface area contributed by atoms with Crippen LogP contribution in [0.2, 0.25) is 0 Å². The summed E-state index contributed by atoms with van der Waals surface area (Å²) in [5.41, 5.74) is 1.66. The van der Waals surface area contributed by atoms with E-state index in [1.807, 2.05) is 49.3 Å². The maximum Gasteiger partial charge on any atom is 0.337 e. The van der Waals surface area contributed by atoms with Crippen molar-refractivity contribution in [2.75, 3.05) is 34.3 Å². The van der Waals surface area contributed by atoms with Crippen LogP contribution in [0.25, 0.3) is 21.7 Å². The minimum Gasteiger partial charge on any atom is -0.465 e. The highest BCUT2D eigenvalue weighted by molar-refractivity contribution is 6.06. The summed E-state index contributed by atoms with van der Waals surface area (Å²) in [5, 5.41) is 2.16. The molecule has 1 unspecified atom stereocenters. The Hall–Kier alpha value is -3.97. The second kappa shape index (κ2) is 8.43. The number of hydrogen-bond acceptors (Lipinski definition) is 6. The molecule has 1 aliphatic heterocycles. The highest BCUT2D eigenvalue weighted by atomic mass is 16.5. The van der Waals surface area contributed by atoms with Crippen LogP contribution in [0.5, 0.6) is 0 Å². The number of methoxy groups -OCH3 is 1. The fourth-order valence-electron chi connectivity index (χ4n) is 4.55. The van der Waals surface area contributed by atoms with Crippen LogP contribution in [0.4, 0.5) is 0 Å². The van der Waals surface area contributed by atoms with Crippen molar-refractivity contribution in [3.63, 3.8) is 0 Å². The number of rotatable bonds is 5. The standard InChI is InChI=1S/C27H24N2O5/c1-28(2)14-15-29-22(17-8-10-18(11-9-17)27(32)33-3)21-23(30)20-13-12-16-6-4-5-7-19(16)24(20)34-25(21)26(29)31/h4-13,22H,14-15H2,1-3H3. The third-order valence-corrected chi connectivity index (χ3v) is 6.29. The van der Waals surface area contributed by atoms with Crippen LogP contribution in [0.3, 0.4) is 0 Å². The van der Waals surface area contributed by atoms with Crippen molar-refractivity contribution in [1.29, 1.82) is 0 Å². The lowest BCUT2D eigenvalue weighted by atomic mass is 9.97. The molecule has 4 aromatic rings. The molecule has 0 radical (unpaired) electrons. The van der Waals surface area contributed by atoms with Crippen LogP contribution < -0.4 is 5.43 Å². The zero-order chi connectivity index (χ0) is 24.0. The van der Waals surface area contributed by atoms with Gasteiger partial charge in [0.25, 0.3) is 5.91 Å². The summed E-state index contributed by atoms with van der Waals surface area (Å²) < 4.78 is 11.0. The van der Waals surface area contributed by atoms with Gasteiger partial charge >= 0.3 is 5.97 Å². The Morgan fingerprint density at radius 3 is 2.44 bits per heavy atom. The Bertz CT molecular complexity index is 1490. The van der Waals surface area contributed by atoms with Crippen molar-refractivity contribution in [3.8, 4) is 0 Å². The molecule has 7 nitrogen and oxygen atoms in total. The molecule has 3 aromatic carbocycles. The van der Waals surface area contributed by atoms with E-state index in [2.05, 4.69) is 0 Å². The zero-order valence-corrected chi connectivity index (χ0v) is 19.2. The van der Waals surface area contributed by atoms with E-state index in [1.165, 1.54) is 7.11 Å². The molecule has 0 bridgehead atoms. The van der Waals surface area contributed by atoms with Crippen LogP contribution in [0.15, 0.2) is 69.9 Å². The highest BCUT2D eigenvalue weighted by Crippen LogP contribution is 2.39. The molecule has 0 aliphatic carbocycles. The molecule has 7 heteroatoms. The molecule has 0 spiro atoms. The number of esters is 1. The lowest BCUT2D eigenvalue weighted by Gasteiger charge is -2.26. The van der Waals surface area contributed by atoms with E-state index in [4.69, 9.17) is 9.15 Å². The Labute approximate surface area is 196 Å². The molecule has 1 atom stereocenters. The van der Waals surface area contributed by atoms with E-state index in [0.29, 0.717) is 35.2 Å². The smallest absolute Gasteiger partial charge is 0.337 e. The summed E-state index contributed by atoms with van der Waals surface area (Å²) >= 11 is 0. The van der Waals surface area contributed by atoms with E-state index in [9.17, 15) is 14.4 Å². The Morgan fingerprint density at radius 1 is 1.00 bits per heavy atom. The van der Waals surface area contributed by atoms with Crippen LogP contribution >= 0.6 is 0 Å². The number of benzene rings is 3. The van der Waals surface area contributed by atoms with Gasteiger partial charge in [0, 0.05) is 18.5 Å². The van der Waals surface area contributed by atoms with Gasteiger partial charge in [0.1, 0.15) is 5.58 Å². The fourth-order valence-corrected chi connectivity index (χ4v) is 4.55. The lowest BCUT2D eigenvalue weighted by molar-refractivity contribution is 0.0599. The van der Waals surface area contributed by atoms with Gasteiger partial charge in [0.2, 0.25) is 5.76 Å². The topological polar surface area (TPSA) is 80.1 Å². The lowest BCUT2D eigenvalue weighted by Crippen LogP contribution is -2.35. The Morgan fingerprint density at radius 2 is 1.74 bits per heavy atom. The molecule has 2 heterocycles. The zero-order valence-electron chi connectivity index (χ0n) is 19.2. The molecule has 1 aliphatic rings. The third-order valence-electron chi connectivity index (χ3n) is 6.29. The number of carbonyl (C=O) groups is 2. The molecule has 0 saturated heterocycles. The van der Waals surface area contributed by atoms with Gasteiger partial charge in [-0.05, 0) is 43.2 Å². The van der Waals surface area contributed by atoms with E-state index < -0.39 is 12.0 Å². The maximum absolute atomic E-state index is 13.8. The van der Waals surface area contributed by atoms with Gasteiger partial charge in [-0.1, -0.05) is 42.5 Å². The summed E-state index contributed by atoms with van der Waals surface area (Å²) in [5.74, 6) is -0.684. The SMILES string of the molecule is COC(=O)c1ccc(C2c3c(oc4c(ccc5ccccc54)c3=O)C(=O)N2CCN(C)C)cc1. The molecule has 1 amide bonds. The summed E-state index contributed by atoms with van der Waals surface area (Å²) in [6, 6.07) is 17.5. The van der Waals surface area contributed by atoms with Gasteiger partial charge in [-0.2, -0.15) is 0 Å². The average molecular weight is 456 g/mol. The Kier molecular flexibility index (Phi) is 5.42. The molecule has 1 aromatic heterocycles. The molecule has 0 N–H and O–H groups in total. The molecule has 0 fully saturated rings. The first-order chi connectivity index (χ1) is 16.4. The molecule has 172 valence electrons. The number of nitrogens with zero attached hydrogens (tertiary/aromatic N) is 2. The van der Waals surface area contributed by atoms with Crippen molar-refractivity contribution < 1.29 is 18.7 Å². The summed E-state index contributed by atoms with van der Waals surface area (Å²) in [6.07, 6.45) is 0. The monoisotopic (exact) mass is 456 g/mol. The van der Waals surface area contributed by atoms with E-state index >= 15 is 0 Å². The summed E-state index contributed by atoms with van der Waals surface area (Å²) in [4.78, 5) is 42.9. The molecular formula is C27H24N2O5. The number of hydrogen-bond donors (Lipinski definition) is 0. The average Bonchev–Trinajstić information content (AvgIpc) is 3.14. The molecular weight excluding hydrogens is 432 g/mol. The van der Waals surface area contributed by atoms with Crippen LogP contribution in [0.1, 0.15) is 38.1 Å². The van der Waals surface area contributed by atoms with Crippen molar-refractivity contribution >= 4 is 33.6 Å². The first-order valence-electron chi connectivity index (χ1n) is 11.0. The Balaban J connectivity index is 1.72. The first-order valence-corrected chi connectivity index (χ1v) is 11.0. The van der Waals surface area contributed by atoms with Gasteiger partial charge in [-0.3, -0.25) is 9.59 Å². The second-order valence-electron chi connectivity index (χ2n) is 8.66. The first kappa shape index (κ1) is 21.9. The maximum atomic E-state index is 13.8.